The van der Waals surface area contributed by atoms with Gasteiger partial charge < -0.3 is 138 Å². The van der Waals surface area contributed by atoms with Gasteiger partial charge in [-0.3, -0.25) is 38.5 Å². The predicted octanol–water partition coefficient (Wildman–Crippen LogP) is 4.58. The molecule has 668 valence electrons. The molecule has 8 aliphatic rings. The van der Waals surface area contributed by atoms with E-state index in [2.05, 4.69) is 31.9 Å². The highest BCUT2D eigenvalue weighted by Crippen LogP contribution is 2.51. The quantitative estimate of drug-likeness (QED) is 0.0559. The van der Waals surface area contributed by atoms with Gasteiger partial charge >= 0.3 is 5.97 Å². The lowest BCUT2D eigenvalue weighted by atomic mass is 9.86. The second-order valence-electron chi connectivity index (χ2n) is 33.0. The summed E-state index contributed by atoms with van der Waals surface area (Å²) in [4.78, 5) is 124. The van der Waals surface area contributed by atoms with Crippen LogP contribution in [0.15, 0.2) is 127 Å². The number of phenolic OH excluding ortho intramolecular Hbond substituents is 3. The van der Waals surface area contributed by atoms with Gasteiger partial charge in [0.2, 0.25) is 53.4 Å². The number of nitrogens with zero attached hydrogens (tertiary/aromatic N) is 1. The first-order valence-corrected chi connectivity index (χ1v) is 41.1. The van der Waals surface area contributed by atoms with Crippen LogP contribution in [0.25, 0.3) is 22.3 Å². The fraction of sp³-hybridized carbons (Fsp3) is 0.419. The molecule has 3 saturated heterocycles. The molecule has 36 nitrogen and oxygen atoms in total. The van der Waals surface area contributed by atoms with Crippen LogP contribution in [0.5, 0.6) is 46.0 Å². The first kappa shape index (κ1) is 92.1. The fourth-order valence-corrected chi connectivity index (χ4v) is 16.8. The molecular formula is C86H97Cl3N10O26. The van der Waals surface area contributed by atoms with Crippen LogP contribution >= 0.6 is 34.8 Å². The smallest absolute Gasteiger partial charge is 0.330 e. The molecule has 39 heteroatoms. The Bertz CT molecular complexity index is 5270. The van der Waals surface area contributed by atoms with E-state index in [1.54, 1.807) is 24.1 Å². The number of ether oxygens (including phenoxy) is 8. The molecule has 0 aromatic heterocycles. The van der Waals surface area contributed by atoms with Crippen molar-refractivity contribution in [2.45, 2.75) is 207 Å². The molecule has 22 atom stereocenters. The summed E-state index contributed by atoms with van der Waals surface area (Å²) in [6.45, 7) is 8.82. The number of carboxylic acid groups (broad SMARTS) is 1. The Hall–Kier alpha value is -10.6. The number of hydrogen-bond donors (Lipinski definition) is 19. The minimum absolute atomic E-state index is 0.160. The molecule has 8 aliphatic heterocycles. The van der Waals surface area contributed by atoms with E-state index < -0.39 is 261 Å². The predicted molar refractivity (Wildman–Crippen MR) is 445 cm³/mol. The van der Waals surface area contributed by atoms with Gasteiger partial charge in [-0.15, -0.1) is 0 Å². The Morgan fingerprint density at radius 1 is 0.624 bits per heavy atom. The highest BCUT2D eigenvalue weighted by molar-refractivity contribution is 6.32. The lowest BCUT2D eigenvalue weighted by Crippen LogP contribution is -2.64. The number of aliphatic carboxylic acids is 1. The van der Waals surface area contributed by atoms with Gasteiger partial charge in [0.05, 0.1) is 53.5 Å². The number of aliphatic hydroxyl groups is 6. The summed E-state index contributed by atoms with van der Waals surface area (Å²) in [5, 5.41) is 131. The third kappa shape index (κ3) is 20.1. The van der Waals surface area contributed by atoms with Crippen LogP contribution in [0, 0.1) is 5.92 Å². The van der Waals surface area contributed by atoms with E-state index in [9.17, 15) is 60.7 Å². The zero-order valence-electron chi connectivity index (χ0n) is 68.3. The van der Waals surface area contributed by atoms with E-state index in [1.165, 1.54) is 58.0 Å². The van der Waals surface area contributed by atoms with Crippen LogP contribution in [0.2, 0.25) is 15.1 Å². The standard InChI is InChI=1S/C86H97Cl3N10O26/c1-35(2)22-52(99(7)33-38-8-10-39(11-9-38)40-12-17-45(87)18-13-40)78(111)97-67-69(105)42-15-20-55(49(88)24-42)120-57-26-44-27-58(73(57)125-84-74(71(107)70(106)59(34-100)122-84)124-62-32-86(6,92)76(109)37(4)119-62)121-56-21-16-43(25-50(56)89)72(123-61-31-85(5,91)75(108)36(3)118-61)68-82(115)96-66(83(116)117)48-28-46(101)29-54(103)63(48)47-23-41(14-19-53(47)102)64(79(112)98-68)95-80(113)65(44)94-77(110)51(30-60(90)104)93-81(67)114/h8-21,23-29,35-37,51-52,59,61-62,64-72,74-76,84,100-103,105-109H,22,30-34,91-92H2,1-7H3,(H2,90,104)(H,93,114)(H,94,110)(H,95,113)(H,96,115)(H,97,111)(H,98,112)(H,116,117)/t36-,37-,51-,52+,59+,61-,62-,64+,65+,66-,67+,68-,69+,70+,71-,72+,74+,75-,76-,84-,85-,86-/m0/s1. The average molecular weight is 1790 g/mol. The van der Waals surface area contributed by atoms with E-state index in [0.29, 0.717) is 5.02 Å². The number of rotatable bonds is 18. The Kier molecular flexibility index (Phi) is 27.6. The molecular weight excluding hydrogens is 1700 g/mol. The highest BCUT2D eigenvalue weighted by atomic mass is 35.5. The van der Waals surface area contributed by atoms with Crippen molar-refractivity contribution in [2.75, 3.05) is 13.7 Å². The summed E-state index contributed by atoms with van der Waals surface area (Å²) < 4.78 is 52.1. The Labute approximate surface area is 730 Å². The molecule has 125 heavy (non-hydrogen) atoms. The SMILES string of the molecule is CC(C)C[C@H](C(=O)N[C@H]1C(=O)N[C@@H](CC(N)=O)C(=O)N[C@H]2C(=O)N[C@H]3C(=O)N[C@H](C(=O)N[C@H](C(=O)O)c4cc(O)cc(O)c4-c4cc3ccc4O)[C@H](O[C@H]3C[C@](C)(N)[C@@H](O)[C@H](C)O3)c3ccc(c(Cl)c3)Oc3cc2cc(c3O[C@@H]2O[C@H](CO)[C@@H](O)[C@H](O)[C@H]2O[C@H]2C[C@](C)(N)[C@@H](O)[C@H](C)O2)Oc2ccc(cc2Cl)[C@H]1O)N(C)Cc1ccc(-c2ccc(Cl)cc2)cc1. The molecule has 11 bridgehead atoms. The van der Waals surface area contributed by atoms with Crippen molar-refractivity contribution in [2.24, 2.45) is 23.1 Å². The minimum atomic E-state index is -2.41. The number of aliphatic hydroxyl groups excluding tert-OH is 6. The molecule has 3 fully saturated rings. The van der Waals surface area contributed by atoms with Crippen LogP contribution in [-0.4, -0.2) is 220 Å². The summed E-state index contributed by atoms with van der Waals surface area (Å²) in [6, 6.07) is 14.1. The molecule has 7 aromatic carbocycles. The first-order valence-electron chi connectivity index (χ1n) is 40.0. The van der Waals surface area contributed by atoms with Gasteiger partial charge in [-0.05, 0) is 153 Å². The molecule has 0 radical (unpaired) electrons. The number of nitrogens with one attached hydrogen (secondary N) is 6. The number of hydrogen-bond acceptors (Lipinski definition) is 28. The number of aromatic hydroxyl groups is 3. The van der Waals surface area contributed by atoms with E-state index >= 15 is 28.8 Å². The monoisotopic (exact) mass is 1790 g/mol. The number of primary amides is 1. The number of likely N-dealkylation sites (N-methyl/N-ethyl adjacent to an activating group) is 1. The van der Waals surface area contributed by atoms with Gasteiger partial charge in [0.1, 0.15) is 89.5 Å². The Balaban J connectivity index is 1.02. The van der Waals surface area contributed by atoms with Crippen LogP contribution < -0.4 is 63.3 Å². The summed E-state index contributed by atoms with van der Waals surface area (Å²) in [5.74, 6) is -16.3. The Morgan fingerprint density at radius 3 is 1.76 bits per heavy atom. The Morgan fingerprint density at radius 2 is 1.18 bits per heavy atom. The second kappa shape index (κ2) is 37.5. The molecule has 0 spiro atoms. The van der Waals surface area contributed by atoms with Crippen LogP contribution in [0.3, 0.4) is 0 Å². The normalized spacial score (nSPS) is 29.8. The number of carboxylic acids is 1. The van der Waals surface area contributed by atoms with Gasteiger partial charge in [-0.1, -0.05) is 103 Å². The van der Waals surface area contributed by atoms with Gasteiger partial charge in [0.15, 0.2) is 36.2 Å². The molecule has 0 saturated carbocycles. The third-order valence-electron chi connectivity index (χ3n) is 22.9. The number of carbonyl (C=O) groups is 8. The number of fused-ring (bicyclic) bond motifs is 15. The summed E-state index contributed by atoms with van der Waals surface area (Å²) in [5.41, 5.74) is 16.0. The summed E-state index contributed by atoms with van der Waals surface area (Å²) >= 11 is 20.9. The van der Waals surface area contributed by atoms with Crippen molar-refractivity contribution >= 4 is 82.1 Å². The zero-order chi connectivity index (χ0) is 90.4. The van der Waals surface area contributed by atoms with Crippen molar-refractivity contribution < 1.29 is 127 Å². The molecule has 0 unspecified atom stereocenters. The van der Waals surface area contributed by atoms with Crippen LogP contribution in [0.4, 0.5) is 0 Å². The van der Waals surface area contributed by atoms with E-state index in [-0.39, 0.29) is 59.2 Å². The minimum Gasteiger partial charge on any atom is -0.508 e. The first-order chi connectivity index (χ1) is 59.0. The number of nitrogens with two attached hydrogens (primary N) is 3. The number of halogens is 3. The fourth-order valence-electron chi connectivity index (χ4n) is 16.2. The molecule has 0 aliphatic carbocycles. The van der Waals surface area contributed by atoms with Gasteiger partial charge in [0.25, 0.3) is 0 Å². The van der Waals surface area contributed by atoms with Gasteiger partial charge in [-0.25, -0.2) is 4.79 Å². The number of amides is 7. The average Bonchev–Trinajstić information content (AvgIpc) is 0.762. The molecule has 8 heterocycles. The lowest BCUT2D eigenvalue weighted by molar-refractivity contribution is -0.333. The maximum absolute atomic E-state index is 16.6. The van der Waals surface area contributed by atoms with Crippen LogP contribution in [0.1, 0.15) is 131 Å². The molecule has 22 N–H and O–H groups in total. The second-order valence-corrected chi connectivity index (χ2v) is 34.3. The highest BCUT2D eigenvalue weighted by Gasteiger charge is 2.53. The summed E-state index contributed by atoms with van der Waals surface area (Å²) in [6.07, 6.45) is -23.1. The van der Waals surface area contributed by atoms with Crippen molar-refractivity contribution in [3.63, 3.8) is 0 Å². The lowest BCUT2D eigenvalue weighted by Gasteiger charge is -2.47. The van der Waals surface area contributed by atoms with E-state index in [1.807, 2.05) is 50.2 Å². The summed E-state index contributed by atoms with van der Waals surface area (Å²) in [7, 11) is 1.67. The van der Waals surface area contributed by atoms with Crippen molar-refractivity contribution in [3.05, 3.63) is 176 Å². The topological polar surface area (TPSA) is 566 Å². The number of phenols is 3. The van der Waals surface area contributed by atoms with Crippen molar-refractivity contribution in [1.29, 1.82) is 0 Å². The largest absolute Gasteiger partial charge is 0.508 e. The zero-order valence-corrected chi connectivity index (χ0v) is 70.6. The van der Waals surface area contributed by atoms with Crippen molar-refractivity contribution in [3.8, 4) is 68.2 Å². The molecule has 7 aromatic rings. The van der Waals surface area contributed by atoms with Crippen molar-refractivity contribution in [1.82, 2.24) is 36.8 Å². The molecule has 15 rings (SSSR count). The number of carbonyl (C=O) groups excluding carboxylic acids is 7. The maximum atomic E-state index is 16.6. The molecule has 7 amide bonds. The van der Waals surface area contributed by atoms with E-state index in [0.717, 1.165) is 65.2 Å². The van der Waals surface area contributed by atoms with E-state index in [4.69, 9.17) is 89.9 Å². The third-order valence-corrected chi connectivity index (χ3v) is 23.7. The maximum Gasteiger partial charge on any atom is 0.330 e. The van der Waals surface area contributed by atoms with Gasteiger partial charge in [0, 0.05) is 58.2 Å². The van der Waals surface area contributed by atoms with Crippen LogP contribution in [-0.2, 0) is 68.6 Å². The number of benzene rings is 7. The van der Waals surface area contributed by atoms with Gasteiger partial charge in [-0.2, -0.15) is 0 Å².